The molecule has 3 aromatic rings. The van der Waals surface area contributed by atoms with Crippen LogP contribution in [0.1, 0.15) is 31.8 Å². The summed E-state index contributed by atoms with van der Waals surface area (Å²) < 4.78 is 2.02. The summed E-state index contributed by atoms with van der Waals surface area (Å²) >= 11 is 1.40. The molecule has 25 heavy (non-hydrogen) atoms. The minimum Gasteiger partial charge on any atom is -0.330 e. The van der Waals surface area contributed by atoms with Crippen LogP contribution in [0, 0.1) is 20.8 Å². The highest BCUT2D eigenvalue weighted by atomic mass is 32.1. The van der Waals surface area contributed by atoms with Crippen molar-refractivity contribution in [3.8, 4) is 5.69 Å². The monoisotopic (exact) mass is 355 g/mol. The lowest BCUT2D eigenvalue weighted by molar-refractivity contribution is 0.103. The summed E-state index contributed by atoms with van der Waals surface area (Å²) in [4.78, 5) is 21.8. The number of imidazole rings is 1. The first-order valence-corrected chi connectivity index (χ1v) is 8.90. The first kappa shape index (κ1) is 17.3. The third kappa shape index (κ3) is 3.62. The second-order valence-electron chi connectivity index (χ2n) is 5.85. The number of carbonyl (C=O) groups excluding carboxylic acids is 1. The summed E-state index contributed by atoms with van der Waals surface area (Å²) in [6.07, 6.45) is 2.50. The van der Waals surface area contributed by atoms with Gasteiger partial charge >= 0.3 is 0 Å². The van der Waals surface area contributed by atoms with Gasteiger partial charge in [0.25, 0.3) is 5.91 Å². The number of aryl methyl sites for hydroxylation is 2. The zero-order chi connectivity index (χ0) is 18.0. The normalized spacial score (nSPS) is 10.9. The molecule has 0 spiro atoms. The highest BCUT2D eigenvalue weighted by molar-refractivity contribution is 7.13. The quantitative estimate of drug-likeness (QED) is 0.737. The van der Waals surface area contributed by atoms with E-state index in [4.69, 9.17) is 5.73 Å². The molecule has 0 aliphatic heterocycles. The second-order valence-corrected chi connectivity index (χ2v) is 6.93. The number of aromatic nitrogens is 3. The lowest BCUT2D eigenvalue weighted by Gasteiger charge is -2.08. The molecule has 2 heterocycles. The number of nitrogens with one attached hydrogen (secondary N) is 1. The summed E-state index contributed by atoms with van der Waals surface area (Å²) in [5.41, 5.74) is 10.2. The number of nitrogens with zero attached hydrogens (tertiary/aromatic N) is 3. The van der Waals surface area contributed by atoms with E-state index < -0.39 is 0 Å². The molecule has 6 nitrogen and oxygen atoms in total. The van der Waals surface area contributed by atoms with Crippen LogP contribution in [0.15, 0.2) is 30.6 Å². The van der Waals surface area contributed by atoms with E-state index in [1.807, 2.05) is 49.6 Å². The van der Waals surface area contributed by atoms with E-state index in [9.17, 15) is 4.79 Å². The fraction of sp³-hybridized carbons (Fsp3) is 0.278. The van der Waals surface area contributed by atoms with Crippen LogP contribution in [-0.4, -0.2) is 27.0 Å². The van der Waals surface area contributed by atoms with Crippen LogP contribution < -0.4 is 11.1 Å². The number of anilines is 1. The van der Waals surface area contributed by atoms with Crippen molar-refractivity contribution < 1.29 is 4.79 Å². The van der Waals surface area contributed by atoms with Crippen molar-refractivity contribution >= 4 is 22.9 Å². The van der Waals surface area contributed by atoms with E-state index in [1.54, 1.807) is 6.33 Å². The maximum absolute atomic E-state index is 12.5. The van der Waals surface area contributed by atoms with Crippen LogP contribution in [0.4, 0.5) is 5.69 Å². The number of rotatable bonds is 5. The minimum atomic E-state index is -0.138. The van der Waals surface area contributed by atoms with Crippen LogP contribution >= 0.6 is 11.3 Å². The fourth-order valence-corrected chi connectivity index (χ4v) is 3.52. The molecule has 3 rings (SSSR count). The molecule has 2 aromatic heterocycles. The largest absolute Gasteiger partial charge is 0.330 e. The van der Waals surface area contributed by atoms with Crippen LogP contribution in [0.3, 0.4) is 0 Å². The number of thiazole rings is 1. The van der Waals surface area contributed by atoms with Gasteiger partial charge in [0.2, 0.25) is 0 Å². The van der Waals surface area contributed by atoms with Gasteiger partial charge in [-0.3, -0.25) is 4.79 Å². The van der Waals surface area contributed by atoms with Crippen molar-refractivity contribution in [2.75, 3.05) is 11.9 Å². The topological polar surface area (TPSA) is 85.8 Å². The smallest absolute Gasteiger partial charge is 0.267 e. The standard InChI is InChI=1S/C18H21N5OS/c1-11-13(3)23(10-20-11)15-6-4-14(5-7-15)22-18(24)17-12(2)21-16(25-17)8-9-19/h4-7,10H,8-9,19H2,1-3H3,(H,22,24). The van der Waals surface area contributed by atoms with E-state index in [2.05, 4.69) is 15.3 Å². The Kier molecular flexibility index (Phi) is 4.96. The van der Waals surface area contributed by atoms with Gasteiger partial charge in [0.1, 0.15) is 4.88 Å². The van der Waals surface area contributed by atoms with E-state index in [0.717, 1.165) is 33.5 Å². The number of nitrogens with two attached hydrogens (primary N) is 1. The molecule has 130 valence electrons. The van der Waals surface area contributed by atoms with E-state index in [0.29, 0.717) is 17.8 Å². The van der Waals surface area contributed by atoms with Gasteiger partial charge in [-0.15, -0.1) is 11.3 Å². The SMILES string of the molecule is Cc1nc(CCN)sc1C(=O)Nc1ccc(-n2cnc(C)c2C)cc1. The van der Waals surface area contributed by atoms with Crippen molar-refractivity contribution in [3.63, 3.8) is 0 Å². The van der Waals surface area contributed by atoms with Crippen molar-refractivity contribution in [2.45, 2.75) is 27.2 Å². The van der Waals surface area contributed by atoms with Crippen molar-refractivity contribution in [1.29, 1.82) is 0 Å². The Morgan fingerprint density at radius 1 is 1.20 bits per heavy atom. The predicted molar refractivity (Wildman–Crippen MR) is 101 cm³/mol. The summed E-state index contributed by atoms with van der Waals surface area (Å²) in [6, 6.07) is 7.70. The molecule has 0 radical (unpaired) electrons. The van der Waals surface area contributed by atoms with E-state index in [-0.39, 0.29) is 5.91 Å². The van der Waals surface area contributed by atoms with Gasteiger partial charge in [-0.25, -0.2) is 9.97 Å². The molecule has 3 N–H and O–H groups in total. The van der Waals surface area contributed by atoms with Gasteiger partial charge in [-0.1, -0.05) is 0 Å². The Morgan fingerprint density at radius 2 is 1.92 bits per heavy atom. The summed E-state index contributed by atoms with van der Waals surface area (Å²) in [5, 5.41) is 3.82. The second kappa shape index (κ2) is 7.16. The Hall–Kier alpha value is -2.51. The van der Waals surface area contributed by atoms with Crippen LogP contribution in [-0.2, 0) is 6.42 Å². The van der Waals surface area contributed by atoms with Gasteiger partial charge in [0.05, 0.1) is 22.7 Å². The number of hydrogen-bond donors (Lipinski definition) is 2. The van der Waals surface area contributed by atoms with E-state index in [1.165, 1.54) is 11.3 Å². The maximum atomic E-state index is 12.5. The summed E-state index contributed by atoms with van der Waals surface area (Å²) in [5.74, 6) is -0.138. The van der Waals surface area contributed by atoms with Gasteiger partial charge < -0.3 is 15.6 Å². The molecule has 0 atom stereocenters. The average molecular weight is 355 g/mol. The summed E-state index contributed by atoms with van der Waals surface area (Å²) in [7, 11) is 0. The minimum absolute atomic E-state index is 0.138. The molecule has 0 aliphatic rings. The molecule has 1 amide bonds. The highest BCUT2D eigenvalue weighted by Gasteiger charge is 2.15. The Labute approximate surface area is 150 Å². The number of carbonyl (C=O) groups is 1. The highest BCUT2D eigenvalue weighted by Crippen LogP contribution is 2.21. The third-order valence-electron chi connectivity index (χ3n) is 4.06. The molecule has 0 unspecified atom stereocenters. The zero-order valence-electron chi connectivity index (χ0n) is 14.5. The molecule has 7 heteroatoms. The third-order valence-corrected chi connectivity index (χ3v) is 5.28. The lowest BCUT2D eigenvalue weighted by Crippen LogP contribution is -2.11. The average Bonchev–Trinajstić information content (AvgIpc) is 3.12. The number of benzene rings is 1. The fourth-order valence-electron chi connectivity index (χ4n) is 2.55. The zero-order valence-corrected chi connectivity index (χ0v) is 15.4. The number of amides is 1. The number of hydrogen-bond acceptors (Lipinski definition) is 5. The predicted octanol–water partition coefficient (Wildman–Crippen LogP) is 3.01. The molecular formula is C18H21N5OS. The molecular weight excluding hydrogens is 334 g/mol. The van der Waals surface area contributed by atoms with Crippen molar-refractivity contribution in [1.82, 2.24) is 14.5 Å². The first-order chi connectivity index (χ1) is 12.0. The maximum Gasteiger partial charge on any atom is 0.267 e. The summed E-state index contributed by atoms with van der Waals surface area (Å²) in [6.45, 7) is 6.39. The van der Waals surface area contributed by atoms with Crippen LogP contribution in [0.2, 0.25) is 0 Å². The van der Waals surface area contributed by atoms with Gasteiger partial charge in [-0.05, 0) is 51.6 Å². The van der Waals surface area contributed by atoms with Crippen LogP contribution in [0.25, 0.3) is 5.69 Å². The lowest BCUT2D eigenvalue weighted by atomic mass is 10.2. The van der Waals surface area contributed by atoms with Gasteiger partial charge in [0.15, 0.2) is 0 Å². The molecule has 0 saturated carbocycles. The Bertz CT molecular complexity index is 895. The first-order valence-electron chi connectivity index (χ1n) is 8.08. The van der Waals surface area contributed by atoms with E-state index >= 15 is 0 Å². The molecule has 0 aliphatic carbocycles. The Morgan fingerprint density at radius 3 is 2.52 bits per heavy atom. The van der Waals surface area contributed by atoms with Crippen LogP contribution in [0.5, 0.6) is 0 Å². The Balaban J connectivity index is 1.75. The van der Waals surface area contributed by atoms with Crippen molar-refractivity contribution in [2.24, 2.45) is 5.73 Å². The molecule has 0 fully saturated rings. The van der Waals surface area contributed by atoms with Gasteiger partial charge in [0, 0.05) is 23.5 Å². The van der Waals surface area contributed by atoms with Gasteiger partial charge in [-0.2, -0.15) is 0 Å². The molecule has 0 saturated heterocycles. The molecule has 1 aromatic carbocycles. The van der Waals surface area contributed by atoms with Crippen molar-refractivity contribution in [3.05, 3.63) is 57.6 Å². The molecule has 0 bridgehead atoms.